The Hall–Kier alpha value is -2.93. The van der Waals surface area contributed by atoms with E-state index in [4.69, 9.17) is 25.8 Å². The maximum Gasteiger partial charge on any atom is 0.254 e. The van der Waals surface area contributed by atoms with Crippen molar-refractivity contribution in [3.05, 3.63) is 47.0 Å². The van der Waals surface area contributed by atoms with Gasteiger partial charge < -0.3 is 24.4 Å². The summed E-state index contributed by atoms with van der Waals surface area (Å²) < 4.78 is 16.1. The SMILES string of the molecule is CCN(CC(=O)Nc1ccc(OC)cc1)C(=O)c1cc(Cl)c2c(c1)OCCO2. The first-order valence-electron chi connectivity index (χ1n) is 8.84. The molecule has 0 spiro atoms. The number of hydrogen-bond acceptors (Lipinski definition) is 5. The molecule has 0 saturated heterocycles. The van der Waals surface area contributed by atoms with Crippen molar-refractivity contribution in [2.75, 3.05) is 38.7 Å². The van der Waals surface area contributed by atoms with E-state index in [-0.39, 0.29) is 18.4 Å². The molecule has 1 aliphatic heterocycles. The Labute approximate surface area is 168 Å². The first-order valence-corrected chi connectivity index (χ1v) is 9.22. The number of hydrogen-bond donors (Lipinski definition) is 1. The van der Waals surface area contributed by atoms with Crippen LogP contribution in [0, 0.1) is 0 Å². The molecule has 8 heteroatoms. The van der Waals surface area contributed by atoms with Gasteiger partial charge in [0.05, 0.1) is 12.1 Å². The Balaban J connectivity index is 1.69. The first-order chi connectivity index (χ1) is 13.5. The van der Waals surface area contributed by atoms with E-state index in [0.29, 0.717) is 53.3 Å². The highest BCUT2D eigenvalue weighted by Gasteiger charge is 2.23. The minimum atomic E-state index is -0.314. The van der Waals surface area contributed by atoms with E-state index in [1.807, 2.05) is 0 Å². The number of amides is 2. The summed E-state index contributed by atoms with van der Waals surface area (Å²) in [5, 5.41) is 3.07. The lowest BCUT2D eigenvalue weighted by Gasteiger charge is -2.23. The zero-order chi connectivity index (χ0) is 20.1. The molecule has 2 aromatic rings. The molecule has 2 amide bonds. The quantitative estimate of drug-likeness (QED) is 0.799. The van der Waals surface area contributed by atoms with E-state index in [1.165, 1.54) is 11.0 Å². The molecule has 0 aromatic heterocycles. The molecule has 1 heterocycles. The van der Waals surface area contributed by atoms with Gasteiger partial charge in [0.1, 0.15) is 25.5 Å². The number of fused-ring (bicyclic) bond motifs is 1. The molecule has 28 heavy (non-hydrogen) atoms. The van der Waals surface area contributed by atoms with Crippen molar-refractivity contribution in [2.24, 2.45) is 0 Å². The summed E-state index contributed by atoms with van der Waals surface area (Å²) in [6, 6.07) is 10.1. The van der Waals surface area contributed by atoms with Crippen LogP contribution in [-0.2, 0) is 4.79 Å². The Kier molecular flexibility index (Phi) is 6.26. The van der Waals surface area contributed by atoms with Crippen molar-refractivity contribution in [1.29, 1.82) is 0 Å². The van der Waals surface area contributed by atoms with Gasteiger partial charge in [-0.15, -0.1) is 0 Å². The number of halogens is 1. The molecule has 148 valence electrons. The van der Waals surface area contributed by atoms with Crippen LogP contribution in [0.15, 0.2) is 36.4 Å². The molecule has 7 nitrogen and oxygen atoms in total. The molecule has 0 saturated carbocycles. The number of methoxy groups -OCH3 is 1. The largest absolute Gasteiger partial charge is 0.497 e. The maximum absolute atomic E-state index is 12.9. The third-order valence-electron chi connectivity index (χ3n) is 4.22. The average molecular weight is 405 g/mol. The predicted octanol–water partition coefficient (Wildman–Crippen LogP) is 3.22. The number of carbonyl (C=O) groups is 2. The summed E-state index contributed by atoms with van der Waals surface area (Å²) in [7, 11) is 1.57. The average Bonchev–Trinajstić information content (AvgIpc) is 2.72. The van der Waals surface area contributed by atoms with Crippen molar-refractivity contribution in [1.82, 2.24) is 4.90 Å². The number of anilines is 1. The minimum absolute atomic E-state index is 0.0899. The number of nitrogens with one attached hydrogen (secondary N) is 1. The van der Waals surface area contributed by atoms with Gasteiger partial charge in [0.25, 0.3) is 5.91 Å². The molecule has 0 radical (unpaired) electrons. The van der Waals surface area contributed by atoms with Gasteiger partial charge in [-0.25, -0.2) is 0 Å². The smallest absolute Gasteiger partial charge is 0.254 e. The highest BCUT2D eigenvalue weighted by Crippen LogP contribution is 2.38. The number of benzene rings is 2. The fraction of sp³-hybridized carbons (Fsp3) is 0.300. The van der Waals surface area contributed by atoms with E-state index >= 15 is 0 Å². The van der Waals surface area contributed by atoms with E-state index in [9.17, 15) is 9.59 Å². The fourth-order valence-electron chi connectivity index (χ4n) is 2.79. The highest BCUT2D eigenvalue weighted by molar-refractivity contribution is 6.32. The second kappa shape index (κ2) is 8.84. The number of ether oxygens (including phenoxy) is 3. The number of carbonyl (C=O) groups excluding carboxylic acids is 2. The summed E-state index contributed by atoms with van der Waals surface area (Å²) in [6.45, 7) is 2.88. The lowest BCUT2D eigenvalue weighted by atomic mass is 10.1. The summed E-state index contributed by atoms with van der Waals surface area (Å²) in [5.74, 6) is 0.944. The zero-order valence-corrected chi connectivity index (χ0v) is 16.4. The van der Waals surface area contributed by atoms with Crippen molar-refractivity contribution in [3.63, 3.8) is 0 Å². The van der Waals surface area contributed by atoms with E-state index in [0.717, 1.165) is 0 Å². The van der Waals surface area contributed by atoms with Crippen molar-refractivity contribution >= 4 is 29.1 Å². The monoisotopic (exact) mass is 404 g/mol. The topological polar surface area (TPSA) is 77.1 Å². The molecule has 0 aliphatic carbocycles. The maximum atomic E-state index is 12.9. The van der Waals surface area contributed by atoms with Crippen molar-refractivity contribution in [3.8, 4) is 17.2 Å². The van der Waals surface area contributed by atoms with Crippen molar-refractivity contribution in [2.45, 2.75) is 6.92 Å². The van der Waals surface area contributed by atoms with Gasteiger partial charge in [0.2, 0.25) is 5.91 Å². The van der Waals surface area contributed by atoms with Crippen molar-refractivity contribution < 1.29 is 23.8 Å². The Morgan fingerprint density at radius 2 is 1.89 bits per heavy atom. The van der Waals surface area contributed by atoms with Crippen LogP contribution in [0.4, 0.5) is 5.69 Å². The van der Waals surface area contributed by atoms with Crippen LogP contribution < -0.4 is 19.5 Å². The summed E-state index contributed by atoms with van der Waals surface area (Å²) >= 11 is 6.21. The molecule has 1 aliphatic rings. The van der Waals surface area contributed by atoms with E-state index in [2.05, 4.69) is 5.32 Å². The summed E-state index contributed by atoms with van der Waals surface area (Å²) in [6.07, 6.45) is 0. The summed E-state index contributed by atoms with van der Waals surface area (Å²) in [4.78, 5) is 26.7. The van der Waals surface area contributed by atoms with Crippen LogP contribution in [0.2, 0.25) is 5.02 Å². The van der Waals surface area contributed by atoms with E-state index in [1.54, 1.807) is 44.4 Å². The fourth-order valence-corrected chi connectivity index (χ4v) is 3.06. The van der Waals surface area contributed by atoms with Gasteiger partial charge in [-0.1, -0.05) is 11.6 Å². The minimum Gasteiger partial charge on any atom is -0.497 e. The molecular weight excluding hydrogens is 384 g/mol. The third-order valence-corrected chi connectivity index (χ3v) is 4.50. The van der Waals surface area contributed by atoms with Gasteiger partial charge in [-0.05, 0) is 43.3 Å². The van der Waals surface area contributed by atoms with Crippen LogP contribution in [0.5, 0.6) is 17.2 Å². The lowest BCUT2D eigenvalue weighted by Crippen LogP contribution is -2.38. The van der Waals surface area contributed by atoms with Crippen LogP contribution >= 0.6 is 11.6 Å². The molecule has 2 aromatic carbocycles. The molecule has 0 unspecified atom stereocenters. The standard InChI is InChI=1S/C20H21ClN2O5/c1-3-23(12-18(24)22-14-4-6-15(26-2)7-5-14)20(25)13-10-16(21)19-17(11-13)27-8-9-28-19/h4-7,10-11H,3,8-9,12H2,1-2H3,(H,22,24). The van der Waals surface area contributed by atoms with Gasteiger partial charge in [0.15, 0.2) is 11.5 Å². The molecule has 3 rings (SSSR count). The number of nitrogens with zero attached hydrogens (tertiary/aromatic N) is 1. The Morgan fingerprint density at radius 3 is 2.57 bits per heavy atom. The number of likely N-dealkylation sites (N-methyl/N-ethyl adjacent to an activating group) is 1. The predicted molar refractivity (Wildman–Crippen MR) is 106 cm³/mol. The van der Waals surface area contributed by atoms with Crippen LogP contribution in [-0.4, -0.2) is 50.1 Å². The van der Waals surface area contributed by atoms with Gasteiger partial charge in [-0.2, -0.15) is 0 Å². The third kappa shape index (κ3) is 4.48. The van der Waals surface area contributed by atoms with Gasteiger partial charge in [-0.3, -0.25) is 9.59 Å². The van der Waals surface area contributed by atoms with E-state index < -0.39 is 0 Å². The van der Waals surface area contributed by atoms with Gasteiger partial charge in [0, 0.05) is 17.8 Å². The lowest BCUT2D eigenvalue weighted by molar-refractivity contribution is -0.116. The molecule has 0 bridgehead atoms. The molecule has 1 N–H and O–H groups in total. The molecular formula is C20H21ClN2O5. The normalized spacial score (nSPS) is 12.2. The van der Waals surface area contributed by atoms with Crippen LogP contribution in [0.25, 0.3) is 0 Å². The summed E-state index contributed by atoms with van der Waals surface area (Å²) in [5.41, 5.74) is 0.963. The molecule has 0 fully saturated rings. The second-order valence-electron chi connectivity index (χ2n) is 6.08. The molecule has 0 atom stereocenters. The Morgan fingerprint density at radius 1 is 1.18 bits per heavy atom. The zero-order valence-electron chi connectivity index (χ0n) is 15.7. The Bertz CT molecular complexity index is 870. The number of rotatable bonds is 6. The first kappa shape index (κ1) is 19.8. The van der Waals surface area contributed by atoms with Gasteiger partial charge >= 0.3 is 0 Å². The second-order valence-corrected chi connectivity index (χ2v) is 6.49. The highest BCUT2D eigenvalue weighted by atomic mass is 35.5. The van der Waals surface area contributed by atoms with Crippen LogP contribution in [0.1, 0.15) is 17.3 Å². The van der Waals surface area contributed by atoms with Crippen LogP contribution in [0.3, 0.4) is 0 Å².